The van der Waals surface area contributed by atoms with Gasteiger partial charge in [0.1, 0.15) is 0 Å². The minimum absolute atomic E-state index is 0.0535. The molecular weight excluding hydrogens is 240 g/mol. The van der Waals surface area contributed by atoms with Crippen LogP contribution in [0.2, 0.25) is 0 Å². The van der Waals surface area contributed by atoms with E-state index < -0.39 is 0 Å². The fraction of sp³-hybridized carbons (Fsp3) is 0.571. The van der Waals surface area contributed by atoms with E-state index in [1.165, 1.54) is 0 Å². The van der Waals surface area contributed by atoms with Crippen LogP contribution in [-0.2, 0) is 4.79 Å². The van der Waals surface area contributed by atoms with Crippen LogP contribution < -0.4 is 15.5 Å². The molecule has 0 saturated heterocycles. The Morgan fingerprint density at radius 3 is 2.84 bits per heavy atom. The summed E-state index contributed by atoms with van der Waals surface area (Å²) in [5, 5.41) is 5.98. The van der Waals surface area contributed by atoms with Crippen molar-refractivity contribution in [3.63, 3.8) is 0 Å². The third-order valence-corrected chi connectivity index (χ3v) is 2.99. The number of rotatable bonds is 7. The van der Waals surface area contributed by atoms with Crippen molar-refractivity contribution in [3.05, 3.63) is 18.5 Å². The highest BCUT2D eigenvalue weighted by molar-refractivity contribution is 5.78. The van der Waals surface area contributed by atoms with Gasteiger partial charge >= 0.3 is 0 Å². The van der Waals surface area contributed by atoms with Gasteiger partial charge < -0.3 is 15.5 Å². The quantitative estimate of drug-likeness (QED) is 0.787. The lowest BCUT2D eigenvalue weighted by molar-refractivity contribution is -0.123. The fourth-order valence-corrected chi connectivity index (χ4v) is 1.85. The summed E-state index contributed by atoms with van der Waals surface area (Å²) in [6, 6.07) is 2.05. The van der Waals surface area contributed by atoms with E-state index in [0.29, 0.717) is 6.54 Å². The van der Waals surface area contributed by atoms with E-state index in [1.807, 2.05) is 31.3 Å². The minimum Gasteiger partial charge on any atom is -0.384 e. The van der Waals surface area contributed by atoms with Crippen molar-refractivity contribution in [2.24, 2.45) is 5.92 Å². The van der Waals surface area contributed by atoms with Crippen LogP contribution in [0.3, 0.4) is 0 Å². The summed E-state index contributed by atoms with van der Waals surface area (Å²) in [4.78, 5) is 17.8. The molecule has 1 amide bonds. The van der Waals surface area contributed by atoms with Gasteiger partial charge in [0, 0.05) is 27.2 Å². The van der Waals surface area contributed by atoms with Crippen molar-refractivity contribution >= 4 is 17.3 Å². The molecule has 0 aliphatic carbocycles. The zero-order valence-electron chi connectivity index (χ0n) is 12.2. The SMILES string of the molecule is CCCNc1cncc(N(C)CC(C)C(=O)NC)c1. The van der Waals surface area contributed by atoms with E-state index in [4.69, 9.17) is 0 Å². The second-order valence-electron chi connectivity index (χ2n) is 4.75. The van der Waals surface area contributed by atoms with Crippen molar-refractivity contribution in [2.75, 3.05) is 37.4 Å². The first kappa shape index (κ1) is 15.3. The van der Waals surface area contributed by atoms with Crippen LogP contribution in [-0.4, -0.2) is 38.1 Å². The Hall–Kier alpha value is -1.78. The number of carbonyl (C=O) groups excluding carboxylic acids is 1. The third-order valence-electron chi connectivity index (χ3n) is 2.99. The summed E-state index contributed by atoms with van der Waals surface area (Å²) < 4.78 is 0. The molecule has 5 heteroatoms. The average Bonchev–Trinajstić information content (AvgIpc) is 2.44. The highest BCUT2D eigenvalue weighted by atomic mass is 16.1. The number of aromatic nitrogens is 1. The number of hydrogen-bond acceptors (Lipinski definition) is 4. The first-order chi connectivity index (χ1) is 9.08. The molecule has 0 bridgehead atoms. The third kappa shape index (κ3) is 4.77. The number of nitrogens with zero attached hydrogens (tertiary/aromatic N) is 2. The number of hydrogen-bond donors (Lipinski definition) is 2. The number of carbonyl (C=O) groups is 1. The van der Waals surface area contributed by atoms with Crippen LogP contribution in [0.25, 0.3) is 0 Å². The maximum absolute atomic E-state index is 11.5. The molecule has 5 nitrogen and oxygen atoms in total. The van der Waals surface area contributed by atoms with Crippen molar-refractivity contribution in [3.8, 4) is 0 Å². The Labute approximate surface area is 115 Å². The molecule has 0 saturated carbocycles. The smallest absolute Gasteiger partial charge is 0.224 e. The van der Waals surface area contributed by atoms with Crippen LogP contribution in [0.4, 0.5) is 11.4 Å². The highest BCUT2D eigenvalue weighted by Gasteiger charge is 2.14. The number of anilines is 2. The molecule has 0 aliphatic heterocycles. The van der Waals surface area contributed by atoms with E-state index >= 15 is 0 Å². The van der Waals surface area contributed by atoms with E-state index in [0.717, 1.165) is 24.3 Å². The molecule has 1 heterocycles. The van der Waals surface area contributed by atoms with Gasteiger partial charge in [-0.15, -0.1) is 0 Å². The Balaban J connectivity index is 2.65. The van der Waals surface area contributed by atoms with Crippen LogP contribution >= 0.6 is 0 Å². The lowest BCUT2D eigenvalue weighted by atomic mass is 10.1. The Kier molecular flexibility index (Phi) is 6.12. The summed E-state index contributed by atoms with van der Waals surface area (Å²) in [6.45, 7) is 5.64. The molecule has 0 spiro atoms. The lowest BCUT2D eigenvalue weighted by Crippen LogP contribution is -2.34. The summed E-state index contributed by atoms with van der Waals surface area (Å²) in [7, 11) is 3.63. The van der Waals surface area contributed by atoms with Gasteiger partial charge in [0.15, 0.2) is 0 Å². The molecule has 1 rings (SSSR count). The molecule has 0 aliphatic rings. The Morgan fingerprint density at radius 1 is 1.47 bits per heavy atom. The standard InChI is InChI=1S/C14H24N4O/c1-5-6-17-12-7-13(9-16-8-12)18(4)10-11(2)14(19)15-3/h7-9,11,17H,5-6,10H2,1-4H3,(H,15,19). The van der Waals surface area contributed by atoms with Gasteiger partial charge in [0.25, 0.3) is 0 Å². The van der Waals surface area contributed by atoms with Gasteiger partial charge in [-0.1, -0.05) is 13.8 Å². The van der Waals surface area contributed by atoms with Crippen molar-refractivity contribution in [2.45, 2.75) is 20.3 Å². The molecule has 0 fully saturated rings. The van der Waals surface area contributed by atoms with Crippen LogP contribution in [0, 0.1) is 5.92 Å². The minimum atomic E-state index is -0.0535. The molecule has 2 N–H and O–H groups in total. The Bertz CT molecular complexity index is 408. The maximum Gasteiger partial charge on any atom is 0.224 e. The fourth-order valence-electron chi connectivity index (χ4n) is 1.85. The number of amides is 1. The second kappa shape index (κ2) is 7.61. The number of nitrogens with one attached hydrogen (secondary N) is 2. The summed E-state index contributed by atoms with van der Waals surface area (Å²) in [6.07, 6.45) is 4.71. The van der Waals surface area contributed by atoms with Gasteiger partial charge in [-0.05, 0) is 12.5 Å². The van der Waals surface area contributed by atoms with Crippen molar-refractivity contribution in [1.29, 1.82) is 0 Å². The van der Waals surface area contributed by atoms with Crippen LogP contribution in [0.1, 0.15) is 20.3 Å². The van der Waals surface area contributed by atoms with Gasteiger partial charge in [0.05, 0.1) is 29.7 Å². The van der Waals surface area contributed by atoms with Crippen molar-refractivity contribution < 1.29 is 4.79 Å². The first-order valence-corrected chi connectivity index (χ1v) is 6.70. The van der Waals surface area contributed by atoms with E-state index in [1.54, 1.807) is 7.05 Å². The molecule has 1 aromatic rings. The van der Waals surface area contributed by atoms with Crippen molar-refractivity contribution in [1.82, 2.24) is 10.3 Å². The van der Waals surface area contributed by atoms with Gasteiger partial charge in [-0.25, -0.2) is 0 Å². The zero-order chi connectivity index (χ0) is 14.3. The predicted molar refractivity (Wildman–Crippen MR) is 79.5 cm³/mol. The zero-order valence-corrected chi connectivity index (χ0v) is 12.2. The lowest BCUT2D eigenvalue weighted by Gasteiger charge is -2.22. The average molecular weight is 264 g/mol. The molecule has 0 aromatic carbocycles. The van der Waals surface area contributed by atoms with E-state index in [9.17, 15) is 4.79 Å². The monoisotopic (exact) mass is 264 g/mol. The summed E-state index contributed by atoms with van der Waals surface area (Å²) in [5.74, 6) is 0.00216. The topological polar surface area (TPSA) is 57.3 Å². The Morgan fingerprint density at radius 2 is 2.21 bits per heavy atom. The van der Waals surface area contributed by atoms with Gasteiger partial charge in [-0.3, -0.25) is 9.78 Å². The highest BCUT2D eigenvalue weighted by Crippen LogP contribution is 2.17. The van der Waals surface area contributed by atoms with Gasteiger partial charge in [0.2, 0.25) is 5.91 Å². The van der Waals surface area contributed by atoms with E-state index in [2.05, 4.69) is 28.6 Å². The predicted octanol–water partition coefficient (Wildman–Crippen LogP) is 1.72. The van der Waals surface area contributed by atoms with Crippen LogP contribution in [0.15, 0.2) is 18.5 Å². The molecular formula is C14H24N4O. The maximum atomic E-state index is 11.5. The summed E-state index contributed by atoms with van der Waals surface area (Å²) in [5.41, 5.74) is 2.02. The molecule has 0 radical (unpaired) electrons. The van der Waals surface area contributed by atoms with Crippen LogP contribution in [0.5, 0.6) is 0 Å². The molecule has 1 aromatic heterocycles. The largest absolute Gasteiger partial charge is 0.384 e. The normalized spacial score (nSPS) is 11.8. The molecule has 106 valence electrons. The number of pyridine rings is 1. The van der Waals surface area contributed by atoms with E-state index in [-0.39, 0.29) is 11.8 Å². The molecule has 19 heavy (non-hydrogen) atoms. The molecule has 1 unspecified atom stereocenters. The first-order valence-electron chi connectivity index (χ1n) is 6.70. The summed E-state index contributed by atoms with van der Waals surface area (Å²) >= 11 is 0. The molecule has 1 atom stereocenters. The second-order valence-corrected chi connectivity index (χ2v) is 4.75. The van der Waals surface area contributed by atoms with Gasteiger partial charge in [-0.2, -0.15) is 0 Å².